The summed E-state index contributed by atoms with van der Waals surface area (Å²) in [6, 6.07) is 9.50. The molecule has 144 valence electrons. The Labute approximate surface area is 153 Å². The highest BCUT2D eigenvalue weighted by Crippen LogP contribution is 2.59. The van der Waals surface area contributed by atoms with Crippen LogP contribution >= 0.6 is 8.09 Å². The van der Waals surface area contributed by atoms with Gasteiger partial charge in [0.15, 0.2) is 6.10 Å². The van der Waals surface area contributed by atoms with E-state index in [9.17, 15) is 14.5 Å². The van der Waals surface area contributed by atoms with Gasteiger partial charge in [-0.3, -0.25) is 9.59 Å². The number of hydrogen-bond acceptors (Lipinski definition) is 7. The fourth-order valence-corrected chi connectivity index (χ4v) is 4.18. The lowest BCUT2D eigenvalue weighted by molar-refractivity contribution is -0.142. The topological polar surface area (TPSA) is 106 Å². The third kappa shape index (κ3) is 5.72. The molecule has 2 rings (SSSR count). The Bertz CT molecular complexity index is 627. The van der Waals surface area contributed by atoms with Crippen LogP contribution in [-0.2, 0) is 29.9 Å². The molecule has 9 heteroatoms. The van der Waals surface area contributed by atoms with Crippen LogP contribution in [0.25, 0.3) is 0 Å². The van der Waals surface area contributed by atoms with Gasteiger partial charge in [0.05, 0.1) is 20.1 Å². The second kappa shape index (κ2) is 8.88. The summed E-state index contributed by atoms with van der Waals surface area (Å²) < 4.78 is 15.7. The number of nitrogens with one attached hydrogen (secondary N) is 2. The van der Waals surface area contributed by atoms with E-state index < -0.39 is 31.5 Å². The van der Waals surface area contributed by atoms with E-state index in [-0.39, 0.29) is 19.6 Å². The van der Waals surface area contributed by atoms with Crippen molar-refractivity contribution in [1.82, 2.24) is 10.4 Å². The monoisotopic (exact) mass is 385 g/mol. The lowest BCUT2D eigenvalue weighted by Crippen LogP contribution is -2.51. The maximum atomic E-state index is 12.5. The third-order valence-corrected chi connectivity index (χ3v) is 5.52. The Hall–Kier alpha value is -1.57. The highest BCUT2D eigenvalue weighted by molar-refractivity contribution is 7.58. The molecular formula is C17H26N2O6P+. The van der Waals surface area contributed by atoms with Crippen LogP contribution in [0.1, 0.15) is 25.8 Å². The summed E-state index contributed by atoms with van der Waals surface area (Å²) in [5.74, 6) is -0.812. The van der Waals surface area contributed by atoms with Crippen molar-refractivity contribution in [3.63, 3.8) is 0 Å². The molecule has 1 amide bonds. The summed E-state index contributed by atoms with van der Waals surface area (Å²) in [5.41, 5.74) is 0.327. The largest absolute Gasteiger partial charge is 0.500 e. The van der Waals surface area contributed by atoms with Crippen molar-refractivity contribution >= 4 is 20.0 Å². The Balaban J connectivity index is 1.95. The SMILES string of the molecule is COC(=O)CCNC(=O)[C@@H]1O[P+](O)(NCc2ccccc2)OCC1(C)C. The molecule has 0 radical (unpaired) electrons. The van der Waals surface area contributed by atoms with E-state index in [0.29, 0.717) is 6.54 Å². The molecule has 0 spiro atoms. The lowest BCUT2D eigenvalue weighted by atomic mass is 9.87. The summed E-state index contributed by atoms with van der Waals surface area (Å²) in [6.45, 7) is 4.28. The van der Waals surface area contributed by atoms with Crippen LogP contribution < -0.4 is 10.4 Å². The van der Waals surface area contributed by atoms with E-state index >= 15 is 0 Å². The molecule has 1 unspecified atom stereocenters. The summed E-state index contributed by atoms with van der Waals surface area (Å²) in [7, 11) is -2.09. The van der Waals surface area contributed by atoms with E-state index in [1.54, 1.807) is 0 Å². The van der Waals surface area contributed by atoms with Crippen molar-refractivity contribution in [2.75, 3.05) is 20.3 Å². The predicted molar refractivity (Wildman–Crippen MR) is 96.7 cm³/mol. The van der Waals surface area contributed by atoms with Crippen LogP contribution in [0.5, 0.6) is 0 Å². The van der Waals surface area contributed by atoms with Gasteiger partial charge in [0.25, 0.3) is 5.91 Å². The van der Waals surface area contributed by atoms with Crippen LogP contribution in [0.4, 0.5) is 0 Å². The van der Waals surface area contributed by atoms with Crippen LogP contribution in [0.15, 0.2) is 30.3 Å². The van der Waals surface area contributed by atoms with Gasteiger partial charge in [0.1, 0.15) is 6.61 Å². The number of rotatable bonds is 7. The van der Waals surface area contributed by atoms with Gasteiger partial charge in [-0.2, -0.15) is 9.42 Å². The third-order valence-electron chi connectivity index (χ3n) is 3.99. The van der Waals surface area contributed by atoms with Crippen LogP contribution in [0.3, 0.4) is 0 Å². The summed E-state index contributed by atoms with van der Waals surface area (Å²) >= 11 is 0. The smallest absolute Gasteiger partial charge is 0.469 e. The average molecular weight is 385 g/mol. The first-order chi connectivity index (χ1) is 12.3. The zero-order chi connectivity index (χ0) is 19.2. The van der Waals surface area contributed by atoms with Gasteiger partial charge in [-0.15, -0.1) is 9.61 Å². The van der Waals surface area contributed by atoms with Gasteiger partial charge in [0.2, 0.25) is 0 Å². The van der Waals surface area contributed by atoms with Gasteiger partial charge in [0, 0.05) is 12.0 Å². The predicted octanol–water partition coefficient (Wildman–Crippen LogP) is 1.57. The number of carbonyl (C=O) groups is 2. The second-order valence-corrected chi connectivity index (χ2v) is 8.53. The van der Waals surface area contributed by atoms with Gasteiger partial charge in [-0.1, -0.05) is 44.2 Å². The molecule has 0 aliphatic carbocycles. The molecule has 0 bridgehead atoms. The highest BCUT2D eigenvalue weighted by Gasteiger charge is 2.57. The number of amides is 1. The molecule has 1 aliphatic heterocycles. The number of carbonyl (C=O) groups excluding carboxylic acids is 2. The first-order valence-corrected chi connectivity index (χ1v) is 9.92. The number of ether oxygens (including phenoxy) is 1. The molecule has 0 aromatic heterocycles. The highest BCUT2D eigenvalue weighted by atomic mass is 31.2. The number of esters is 1. The van der Waals surface area contributed by atoms with Crippen molar-refractivity contribution in [2.45, 2.75) is 32.9 Å². The zero-order valence-corrected chi connectivity index (χ0v) is 16.1. The van der Waals surface area contributed by atoms with Gasteiger partial charge in [-0.05, 0) is 5.56 Å². The van der Waals surface area contributed by atoms with Crippen molar-refractivity contribution < 1.29 is 28.3 Å². The first kappa shape index (κ1) is 20.7. The molecule has 8 nitrogen and oxygen atoms in total. The minimum absolute atomic E-state index is 0.0670. The molecular weight excluding hydrogens is 359 g/mol. The van der Waals surface area contributed by atoms with Crippen molar-refractivity contribution in [3.8, 4) is 0 Å². The fraction of sp³-hybridized carbons (Fsp3) is 0.529. The molecule has 1 fully saturated rings. The molecule has 2 atom stereocenters. The minimum Gasteiger partial charge on any atom is -0.469 e. The molecule has 1 saturated heterocycles. The van der Waals surface area contributed by atoms with Crippen molar-refractivity contribution in [2.24, 2.45) is 5.41 Å². The molecule has 1 aromatic carbocycles. The van der Waals surface area contributed by atoms with E-state index in [1.807, 2.05) is 44.2 Å². The fourth-order valence-electron chi connectivity index (χ4n) is 2.40. The second-order valence-electron chi connectivity index (χ2n) is 6.71. The van der Waals surface area contributed by atoms with Crippen molar-refractivity contribution in [1.29, 1.82) is 0 Å². The standard InChI is InChI=1S/C17H25N2O6P/c1-17(2)12-24-26(22,19-11-13-7-5-4-6-8-13)25-15(17)16(21)18-10-9-14(20)23-3/h4-8,15,19,22H,9-12H2,1-3H3/p+1/t15-,26?/m0/s1. The van der Waals surface area contributed by atoms with Crippen LogP contribution in [0, 0.1) is 5.41 Å². The average Bonchev–Trinajstić information content (AvgIpc) is 2.63. The molecule has 3 N–H and O–H groups in total. The zero-order valence-electron chi connectivity index (χ0n) is 15.2. The van der Waals surface area contributed by atoms with Crippen LogP contribution in [-0.4, -0.2) is 43.1 Å². The minimum atomic E-state index is -3.38. The van der Waals surface area contributed by atoms with Crippen molar-refractivity contribution in [3.05, 3.63) is 35.9 Å². The van der Waals surface area contributed by atoms with E-state index in [1.165, 1.54) is 7.11 Å². The maximum absolute atomic E-state index is 12.5. The molecule has 26 heavy (non-hydrogen) atoms. The Morgan fingerprint density at radius 3 is 2.69 bits per heavy atom. The van der Waals surface area contributed by atoms with Crippen LogP contribution in [0.2, 0.25) is 0 Å². The van der Waals surface area contributed by atoms with E-state index in [0.717, 1.165) is 5.56 Å². The van der Waals surface area contributed by atoms with Gasteiger partial charge < -0.3 is 10.1 Å². The molecule has 1 aromatic rings. The Kier molecular flexibility index (Phi) is 7.08. The Morgan fingerprint density at radius 2 is 2.04 bits per heavy atom. The molecule has 0 saturated carbocycles. The number of benzene rings is 1. The van der Waals surface area contributed by atoms with E-state index in [4.69, 9.17) is 9.05 Å². The first-order valence-electron chi connectivity index (χ1n) is 8.34. The molecule has 1 aliphatic rings. The summed E-state index contributed by atoms with van der Waals surface area (Å²) in [5, 5.41) is 5.53. The maximum Gasteiger partial charge on any atom is 0.500 e. The normalized spacial score (nSPS) is 24.7. The van der Waals surface area contributed by atoms with Gasteiger partial charge in [-0.25, -0.2) is 0 Å². The Morgan fingerprint density at radius 1 is 1.35 bits per heavy atom. The van der Waals surface area contributed by atoms with E-state index in [2.05, 4.69) is 15.1 Å². The summed E-state index contributed by atoms with van der Waals surface area (Å²) in [6.07, 6.45) is -0.840. The molecule has 1 heterocycles. The number of hydrogen-bond donors (Lipinski definition) is 3. The van der Waals surface area contributed by atoms with Gasteiger partial charge >= 0.3 is 14.1 Å². The quantitative estimate of drug-likeness (QED) is 0.483. The summed E-state index contributed by atoms with van der Waals surface area (Å²) in [4.78, 5) is 34.3. The number of methoxy groups -OCH3 is 1. The lowest BCUT2D eigenvalue weighted by Gasteiger charge is -2.37.